The number of hydroxylamine groups is 1. The molecule has 1 aliphatic rings. The van der Waals surface area contributed by atoms with E-state index in [-0.39, 0.29) is 6.42 Å². The molecule has 1 aliphatic heterocycles. The monoisotopic (exact) mass is 496 g/mol. The quantitative estimate of drug-likeness (QED) is 0.272. The van der Waals surface area contributed by atoms with E-state index in [0.717, 1.165) is 10.0 Å². The summed E-state index contributed by atoms with van der Waals surface area (Å²) < 4.78 is 5.89. The number of benzene rings is 3. The van der Waals surface area contributed by atoms with Gasteiger partial charge in [0.05, 0.1) is 19.2 Å². The summed E-state index contributed by atoms with van der Waals surface area (Å²) in [6, 6.07) is 24.2. The number of hydrogen-bond donors (Lipinski definition) is 0. The number of para-hydroxylation sites is 1. The lowest BCUT2D eigenvalue weighted by Gasteiger charge is -2.45. The van der Waals surface area contributed by atoms with Crippen molar-refractivity contribution in [3.8, 4) is 0 Å². The van der Waals surface area contributed by atoms with E-state index >= 15 is 0 Å². The summed E-state index contributed by atoms with van der Waals surface area (Å²) in [4.78, 5) is 31.7. The minimum atomic E-state index is -2.10. The van der Waals surface area contributed by atoms with E-state index in [9.17, 15) is 14.9 Å². The molecule has 32 heavy (non-hydrogen) atoms. The topological polar surface area (TPSA) is 81.9 Å². The molecule has 0 amide bonds. The number of nitro groups is 1. The summed E-state index contributed by atoms with van der Waals surface area (Å²) in [5.41, 5.74) is -0.205. The lowest BCUT2D eigenvalue weighted by atomic mass is 9.78. The number of ether oxygens (including phenoxy) is 1. The highest BCUT2D eigenvalue weighted by molar-refractivity contribution is 9.10. The van der Waals surface area contributed by atoms with Gasteiger partial charge in [0, 0.05) is 9.40 Å². The standard InChI is InChI=1S/C24H21BrN2O5/c1-31-23(28)24(27(29)30)16-21(17-12-14-19(25)15-13-17)32-26(20-10-6-3-7-11-20)22(24)18-8-4-2-5-9-18/h2-15,21-22H,16H2,1H3/t21-,22-,24?/m1/s1. The molecule has 3 atom stereocenters. The molecule has 1 saturated heterocycles. The second-order valence-electron chi connectivity index (χ2n) is 7.50. The van der Waals surface area contributed by atoms with E-state index in [4.69, 9.17) is 9.57 Å². The van der Waals surface area contributed by atoms with Gasteiger partial charge in [-0.1, -0.05) is 76.6 Å². The van der Waals surface area contributed by atoms with Crippen molar-refractivity contribution in [3.63, 3.8) is 0 Å². The fraction of sp³-hybridized carbons (Fsp3) is 0.208. The second kappa shape index (κ2) is 9.10. The molecule has 0 aromatic heterocycles. The maximum Gasteiger partial charge on any atom is 0.387 e. The molecule has 8 heteroatoms. The molecule has 0 radical (unpaired) electrons. The Hall–Kier alpha value is -3.23. The third-order valence-corrected chi connectivity index (χ3v) is 6.19. The number of esters is 1. The number of carbonyl (C=O) groups excluding carboxylic acids is 1. The minimum absolute atomic E-state index is 0.183. The summed E-state index contributed by atoms with van der Waals surface area (Å²) >= 11 is 3.40. The molecule has 0 aliphatic carbocycles. The van der Waals surface area contributed by atoms with Gasteiger partial charge in [0.1, 0.15) is 6.10 Å². The van der Waals surface area contributed by atoms with E-state index in [1.54, 1.807) is 36.4 Å². The van der Waals surface area contributed by atoms with Crippen molar-refractivity contribution in [3.05, 3.63) is 111 Å². The minimum Gasteiger partial charge on any atom is -0.464 e. The van der Waals surface area contributed by atoms with Gasteiger partial charge in [-0.15, -0.1) is 0 Å². The average molecular weight is 497 g/mol. The zero-order chi connectivity index (χ0) is 22.7. The van der Waals surface area contributed by atoms with Gasteiger partial charge in [-0.2, -0.15) is 0 Å². The summed E-state index contributed by atoms with van der Waals surface area (Å²) in [6.45, 7) is 0. The van der Waals surface area contributed by atoms with Gasteiger partial charge < -0.3 is 4.74 Å². The molecule has 0 N–H and O–H groups in total. The highest BCUT2D eigenvalue weighted by Gasteiger charge is 2.66. The maximum absolute atomic E-state index is 13.2. The molecule has 1 heterocycles. The smallest absolute Gasteiger partial charge is 0.387 e. The van der Waals surface area contributed by atoms with Gasteiger partial charge in [-0.3, -0.25) is 15.0 Å². The van der Waals surface area contributed by atoms with Crippen LogP contribution in [0.1, 0.15) is 29.7 Å². The van der Waals surface area contributed by atoms with Crippen molar-refractivity contribution >= 4 is 27.6 Å². The first-order valence-electron chi connectivity index (χ1n) is 10.0. The molecule has 0 saturated carbocycles. The molecule has 3 aromatic carbocycles. The highest BCUT2D eigenvalue weighted by atomic mass is 79.9. The Balaban J connectivity index is 1.94. The van der Waals surface area contributed by atoms with Crippen LogP contribution in [0.25, 0.3) is 0 Å². The lowest BCUT2D eigenvalue weighted by molar-refractivity contribution is -0.570. The molecule has 0 spiro atoms. The summed E-state index contributed by atoms with van der Waals surface area (Å²) in [5.74, 6) is -0.914. The number of methoxy groups -OCH3 is 1. The summed E-state index contributed by atoms with van der Waals surface area (Å²) in [7, 11) is 1.17. The Morgan fingerprint density at radius 3 is 2.19 bits per heavy atom. The normalized spacial score (nSPS) is 22.9. The van der Waals surface area contributed by atoms with Gasteiger partial charge in [0.15, 0.2) is 6.04 Å². The van der Waals surface area contributed by atoms with Crippen molar-refractivity contribution in [2.24, 2.45) is 0 Å². The first kappa shape index (κ1) is 22.0. The largest absolute Gasteiger partial charge is 0.464 e. The predicted octanol–water partition coefficient (Wildman–Crippen LogP) is 5.26. The molecular weight excluding hydrogens is 476 g/mol. The molecule has 0 bridgehead atoms. The predicted molar refractivity (Wildman–Crippen MR) is 122 cm³/mol. The third kappa shape index (κ3) is 3.87. The van der Waals surface area contributed by atoms with E-state index in [0.29, 0.717) is 11.3 Å². The van der Waals surface area contributed by atoms with Crippen LogP contribution in [0.15, 0.2) is 89.4 Å². The van der Waals surface area contributed by atoms with Crippen LogP contribution in [0.4, 0.5) is 5.69 Å². The van der Waals surface area contributed by atoms with Gasteiger partial charge in [-0.25, -0.2) is 9.86 Å². The zero-order valence-electron chi connectivity index (χ0n) is 17.3. The van der Waals surface area contributed by atoms with Gasteiger partial charge in [0.2, 0.25) is 0 Å². The highest BCUT2D eigenvalue weighted by Crippen LogP contribution is 2.49. The van der Waals surface area contributed by atoms with Gasteiger partial charge in [-0.05, 0) is 35.4 Å². The SMILES string of the molecule is COC(=O)C1([N+](=O)[O-])C[C@H](c2ccc(Br)cc2)ON(c2ccccc2)[C@@H]1c1ccccc1. The number of nitrogens with zero attached hydrogens (tertiary/aromatic N) is 2. The summed E-state index contributed by atoms with van der Waals surface area (Å²) in [6.07, 6.45) is -0.926. The van der Waals surface area contributed by atoms with Crippen LogP contribution < -0.4 is 5.06 Å². The Morgan fingerprint density at radius 2 is 1.62 bits per heavy atom. The molecule has 7 nitrogen and oxygen atoms in total. The van der Waals surface area contributed by atoms with Crippen molar-refractivity contribution < 1.29 is 19.3 Å². The number of rotatable bonds is 5. The van der Waals surface area contributed by atoms with E-state index < -0.39 is 28.6 Å². The fourth-order valence-electron chi connectivity index (χ4n) is 4.13. The lowest BCUT2D eigenvalue weighted by Crippen LogP contribution is -2.61. The summed E-state index contributed by atoms with van der Waals surface area (Å²) in [5, 5.41) is 14.2. The van der Waals surface area contributed by atoms with Crippen LogP contribution in [-0.4, -0.2) is 23.5 Å². The van der Waals surface area contributed by atoms with Crippen LogP contribution in [0.3, 0.4) is 0 Å². The Labute approximate surface area is 193 Å². The number of hydrogen-bond acceptors (Lipinski definition) is 6. The van der Waals surface area contributed by atoms with Crippen molar-refractivity contribution in [2.75, 3.05) is 12.2 Å². The van der Waals surface area contributed by atoms with Gasteiger partial charge >= 0.3 is 11.5 Å². The van der Waals surface area contributed by atoms with Crippen molar-refractivity contribution in [1.82, 2.24) is 0 Å². The molecule has 164 valence electrons. The van der Waals surface area contributed by atoms with E-state index in [1.807, 2.05) is 48.5 Å². The van der Waals surface area contributed by atoms with Crippen molar-refractivity contribution in [2.45, 2.75) is 24.1 Å². The molecule has 1 unspecified atom stereocenters. The fourth-order valence-corrected chi connectivity index (χ4v) is 4.40. The Kier molecular flexibility index (Phi) is 6.25. The molecule has 1 fully saturated rings. The Bertz CT molecular complexity index is 1090. The molecule has 3 aromatic rings. The van der Waals surface area contributed by atoms with Crippen LogP contribution in [0.2, 0.25) is 0 Å². The number of carbonyl (C=O) groups is 1. The van der Waals surface area contributed by atoms with Crippen LogP contribution in [-0.2, 0) is 14.4 Å². The first-order chi connectivity index (χ1) is 15.5. The number of halogens is 1. The first-order valence-corrected chi connectivity index (χ1v) is 10.8. The second-order valence-corrected chi connectivity index (χ2v) is 8.41. The van der Waals surface area contributed by atoms with Gasteiger partial charge in [0.25, 0.3) is 0 Å². The number of anilines is 1. The molecule has 4 rings (SSSR count). The van der Waals surface area contributed by atoms with Crippen molar-refractivity contribution in [1.29, 1.82) is 0 Å². The average Bonchev–Trinajstić information content (AvgIpc) is 2.84. The third-order valence-electron chi connectivity index (χ3n) is 5.66. The van der Waals surface area contributed by atoms with Crippen LogP contribution in [0, 0.1) is 10.1 Å². The van der Waals surface area contributed by atoms with E-state index in [1.165, 1.54) is 12.2 Å². The van der Waals surface area contributed by atoms with Crippen LogP contribution >= 0.6 is 15.9 Å². The maximum atomic E-state index is 13.2. The van der Waals surface area contributed by atoms with Crippen LogP contribution in [0.5, 0.6) is 0 Å². The van der Waals surface area contributed by atoms with E-state index in [2.05, 4.69) is 15.9 Å². The molecular formula is C24H21BrN2O5. The zero-order valence-corrected chi connectivity index (χ0v) is 18.8. The Morgan fingerprint density at radius 1 is 1.03 bits per heavy atom.